The van der Waals surface area contributed by atoms with Gasteiger partial charge in [-0.3, -0.25) is 4.79 Å². The summed E-state index contributed by atoms with van der Waals surface area (Å²) in [5.41, 5.74) is -0.104. The molecule has 54 valence electrons. The molecule has 0 atom stereocenters. The molecule has 1 rings (SSSR count). The van der Waals surface area contributed by atoms with Crippen molar-refractivity contribution in [3.8, 4) is 0 Å². The van der Waals surface area contributed by atoms with Crippen LogP contribution in [0.4, 0.5) is 0 Å². The Kier molecular flexibility index (Phi) is 2.93. The number of pyridine rings is 1. The second-order valence-electron chi connectivity index (χ2n) is 1.59. The van der Waals surface area contributed by atoms with E-state index in [1.54, 1.807) is 6.20 Å². The highest BCUT2D eigenvalue weighted by atomic mass is 127. The first kappa shape index (κ1) is 8.73. The van der Waals surface area contributed by atoms with E-state index in [2.05, 4.69) is 59.4 Å². The van der Waals surface area contributed by atoms with Crippen molar-refractivity contribution >= 4 is 54.5 Å². The van der Waals surface area contributed by atoms with E-state index in [-0.39, 0.29) is 5.56 Å². The number of H-pyrrole nitrogens is 1. The van der Waals surface area contributed by atoms with Gasteiger partial charge in [0, 0.05) is 14.2 Å². The minimum absolute atomic E-state index is 0.104. The van der Waals surface area contributed by atoms with E-state index in [1.165, 1.54) is 0 Å². The molecule has 0 unspecified atom stereocenters. The third-order valence-electron chi connectivity index (χ3n) is 0.932. The van der Waals surface area contributed by atoms with Gasteiger partial charge in [-0.15, -0.1) is 0 Å². The first-order valence-corrected chi connectivity index (χ1v) is 5.01. The summed E-state index contributed by atoms with van der Waals surface area (Å²) in [5, 5.41) is 0. The molecule has 0 aliphatic rings. The number of hydrogen-bond donors (Lipinski definition) is 1. The monoisotopic (exact) mass is 377 g/mol. The lowest BCUT2D eigenvalue weighted by Crippen LogP contribution is -2.07. The Bertz CT molecular complexity index is 309. The molecule has 0 saturated heterocycles. The fraction of sp³-hybridized carbons (Fsp3) is 0. The molecule has 5 heteroatoms. The van der Waals surface area contributed by atoms with Crippen molar-refractivity contribution in [3.05, 3.63) is 29.1 Å². The van der Waals surface area contributed by atoms with E-state index in [9.17, 15) is 4.79 Å². The van der Waals surface area contributed by atoms with E-state index >= 15 is 0 Å². The van der Waals surface area contributed by atoms with Gasteiger partial charge in [0.2, 0.25) is 0 Å². The summed E-state index contributed by atoms with van der Waals surface area (Å²) in [6.07, 6.45) is 1.62. The van der Waals surface area contributed by atoms with E-state index < -0.39 is 0 Å². The first-order chi connectivity index (χ1) is 4.63. The van der Waals surface area contributed by atoms with Crippen LogP contribution in [0, 0.1) is 3.57 Å². The topological polar surface area (TPSA) is 32.9 Å². The van der Waals surface area contributed by atoms with Crippen LogP contribution >= 0.6 is 54.5 Å². The highest BCUT2D eigenvalue weighted by Gasteiger charge is 2.03. The van der Waals surface area contributed by atoms with Gasteiger partial charge >= 0.3 is 0 Å². The van der Waals surface area contributed by atoms with Crippen LogP contribution in [-0.2, 0) is 0 Å². The van der Waals surface area contributed by atoms with Crippen molar-refractivity contribution in [1.29, 1.82) is 0 Å². The molecule has 0 amide bonds. The molecule has 1 aromatic rings. The fourth-order valence-corrected chi connectivity index (χ4v) is 1.77. The van der Waals surface area contributed by atoms with Gasteiger partial charge in [-0.05, 0) is 54.5 Å². The Labute approximate surface area is 87.8 Å². The molecule has 0 radical (unpaired) electrons. The highest BCUT2D eigenvalue weighted by Crippen LogP contribution is 2.22. The first-order valence-electron chi connectivity index (χ1n) is 2.35. The van der Waals surface area contributed by atoms with Crippen LogP contribution in [-0.4, -0.2) is 4.98 Å². The van der Waals surface area contributed by atoms with Gasteiger partial charge in [-0.1, -0.05) is 0 Å². The lowest BCUT2D eigenvalue weighted by molar-refractivity contribution is 1.19. The number of halogens is 3. The zero-order chi connectivity index (χ0) is 7.72. The summed E-state index contributed by atoms with van der Waals surface area (Å²) in [5.74, 6) is 0. The van der Waals surface area contributed by atoms with Gasteiger partial charge in [-0.2, -0.15) is 0 Å². The van der Waals surface area contributed by atoms with Gasteiger partial charge < -0.3 is 4.98 Å². The average molecular weight is 379 g/mol. The smallest absolute Gasteiger partial charge is 0.263 e. The SMILES string of the molecule is O=c1[nH]cc(Br)c(I)c1Br. The molecule has 0 saturated carbocycles. The maximum atomic E-state index is 10.9. The Morgan fingerprint density at radius 3 is 2.60 bits per heavy atom. The fourth-order valence-electron chi connectivity index (χ4n) is 0.460. The average Bonchev–Trinajstić information content (AvgIpc) is 1.93. The standard InChI is InChI=1S/C5H2Br2INO/c6-2-1-9-5(10)3(7)4(2)8/h1H,(H,9,10). The van der Waals surface area contributed by atoms with Crippen LogP contribution in [0.15, 0.2) is 19.9 Å². The van der Waals surface area contributed by atoms with Crippen LogP contribution < -0.4 is 5.56 Å². The van der Waals surface area contributed by atoms with Gasteiger partial charge in [0.15, 0.2) is 0 Å². The van der Waals surface area contributed by atoms with E-state index in [0.717, 1.165) is 8.04 Å². The Morgan fingerprint density at radius 2 is 2.10 bits per heavy atom. The third-order valence-corrected chi connectivity index (χ3v) is 4.92. The summed E-state index contributed by atoms with van der Waals surface area (Å²) in [6, 6.07) is 0. The molecule has 0 spiro atoms. The molecule has 0 fully saturated rings. The number of nitrogens with one attached hydrogen (secondary N) is 1. The molecule has 0 aliphatic carbocycles. The van der Waals surface area contributed by atoms with Crippen LogP contribution in [0.2, 0.25) is 0 Å². The molecule has 0 aromatic carbocycles. The second kappa shape index (κ2) is 3.36. The maximum absolute atomic E-state index is 10.9. The van der Waals surface area contributed by atoms with Gasteiger partial charge in [0.1, 0.15) is 0 Å². The quantitative estimate of drug-likeness (QED) is 0.691. The Balaban J connectivity index is 3.49. The number of aromatic amines is 1. The van der Waals surface area contributed by atoms with Crippen molar-refractivity contribution in [2.75, 3.05) is 0 Å². The largest absolute Gasteiger partial charge is 0.327 e. The summed E-state index contributed by atoms with van der Waals surface area (Å²) in [7, 11) is 0. The second-order valence-corrected chi connectivity index (χ2v) is 4.32. The summed E-state index contributed by atoms with van der Waals surface area (Å²) in [4.78, 5) is 13.4. The molecule has 10 heavy (non-hydrogen) atoms. The number of aromatic nitrogens is 1. The molecule has 1 aromatic heterocycles. The lowest BCUT2D eigenvalue weighted by Gasteiger charge is -1.95. The molecular weight excluding hydrogens is 377 g/mol. The molecule has 0 aliphatic heterocycles. The van der Waals surface area contributed by atoms with Crippen molar-refractivity contribution in [1.82, 2.24) is 4.98 Å². The van der Waals surface area contributed by atoms with Gasteiger partial charge in [0.05, 0.1) is 4.47 Å². The van der Waals surface area contributed by atoms with Crippen molar-refractivity contribution in [2.45, 2.75) is 0 Å². The zero-order valence-electron chi connectivity index (χ0n) is 4.62. The summed E-state index contributed by atoms with van der Waals surface area (Å²) in [6.45, 7) is 0. The molecule has 2 nitrogen and oxygen atoms in total. The van der Waals surface area contributed by atoms with Crippen LogP contribution in [0.25, 0.3) is 0 Å². The molecule has 0 bridgehead atoms. The molecular formula is C5H2Br2INO. The molecule has 1 N–H and O–H groups in total. The number of rotatable bonds is 0. The van der Waals surface area contributed by atoms with Crippen molar-refractivity contribution in [3.63, 3.8) is 0 Å². The summed E-state index contributed by atoms with van der Waals surface area (Å²) >= 11 is 8.50. The molecule has 1 heterocycles. The van der Waals surface area contributed by atoms with Gasteiger partial charge in [0.25, 0.3) is 5.56 Å². The van der Waals surface area contributed by atoms with E-state index in [4.69, 9.17) is 0 Å². The summed E-state index contributed by atoms with van der Waals surface area (Å²) < 4.78 is 2.35. The van der Waals surface area contributed by atoms with Gasteiger partial charge in [-0.25, -0.2) is 0 Å². The van der Waals surface area contributed by atoms with Crippen molar-refractivity contribution in [2.24, 2.45) is 0 Å². The maximum Gasteiger partial charge on any atom is 0.263 e. The van der Waals surface area contributed by atoms with E-state index in [1.807, 2.05) is 0 Å². The highest BCUT2D eigenvalue weighted by molar-refractivity contribution is 14.1. The minimum atomic E-state index is -0.104. The predicted octanol–water partition coefficient (Wildman–Crippen LogP) is 2.50. The van der Waals surface area contributed by atoms with Crippen LogP contribution in [0.5, 0.6) is 0 Å². The van der Waals surface area contributed by atoms with E-state index in [0.29, 0.717) is 4.47 Å². The van der Waals surface area contributed by atoms with Crippen LogP contribution in [0.1, 0.15) is 0 Å². The lowest BCUT2D eigenvalue weighted by atomic mass is 10.5. The Morgan fingerprint density at radius 1 is 1.50 bits per heavy atom. The van der Waals surface area contributed by atoms with Crippen LogP contribution in [0.3, 0.4) is 0 Å². The minimum Gasteiger partial charge on any atom is -0.327 e. The normalized spacial score (nSPS) is 9.90. The zero-order valence-corrected chi connectivity index (χ0v) is 9.95. The Hall–Kier alpha value is 0.640. The number of hydrogen-bond acceptors (Lipinski definition) is 1. The predicted molar refractivity (Wildman–Crippen MR) is 55.2 cm³/mol. The van der Waals surface area contributed by atoms with Crippen molar-refractivity contribution < 1.29 is 0 Å². The third kappa shape index (κ3) is 1.62.